The predicted molar refractivity (Wildman–Crippen MR) is 119 cm³/mol. The summed E-state index contributed by atoms with van der Waals surface area (Å²) in [7, 11) is -1.49. The molecular formula is C19H26Cl2FN3O2S. The highest BCUT2D eigenvalue weighted by atomic mass is 35.5. The molecule has 3 N–H and O–H groups in total. The topological polar surface area (TPSA) is 59.0 Å². The number of para-hydroxylation sites is 2. The van der Waals surface area contributed by atoms with Crippen LogP contribution >= 0.6 is 35.0 Å². The van der Waals surface area contributed by atoms with Crippen LogP contribution in [-0.4, -0.2) is 28.7 Å². The highest BCUT2D eigenvalue weighted by Crippen LogP contribution is 2.65. The number of halogens is 3. The third kappa shape index (κ3) is 4.20. The smallest absolute Gasteiger partial charge is 0.125 e. The van der Waals surface area contributed by atoms with Gasteiger partial charge in [0, 0.05) is 11.1 Å². The lowest BCUT2D eigenvalue weighted by molar-refractivity contribution is 0.461. The normalized spacial score (nSPS) is 17.3. The third-order valence-corrected chi connectivity index (χ3v) is 6.92. The molecule has 0 fully saturated rings. The molecule has 0 bridgehead atoms. The lowest BCUT2D eigenvalue weighted by Crippen LogP contribution is -2.40. The molecule has 1 atom stereocenters. The summed E-state index contributed by atoms with van der Waals surface area (Å²) in [6, 6.07) is 11.2. The summed E-state index contributed by atoms with van der Waals surface area (Å²) in [5.41, 5.74) is 2.08. The van der Waals surface area contributed by atoms with Crippen molar-refractivity contribution >= 4 is 46.3 Å². The van der Waals surface area contributed by atoms with Gasteiger partial charge in [-0.15, -0.1) is 12.4 Å². The molecule has 3 rings (SSSR count). The van der Waals surface area contributed by atoms with Gasteiger partial charge in [-0.1, -0.05) is 23.7 Å². The van der Waals surface area contributed by atoms with Crippen molar-refractivity contribution in [1.29, 1.82) is 0 Å². The maximum Gasteiger partial charge on any atom is 0.125 e. The number of hydrogen-bond donors (Lipinski definition) is 3. The van der Waals surface area contributed by atoms with Crippen LogP contribution in [0.25, 0.3) is 0 Å². The van der Waals surface area contributed by atoms with E-state index in [1.54, 1.807) is 14.7 Å². The van der Waals surface area contributed by atoms with E-state index in [4.69, 9.17) is 11.6 Å². The van der Waals surface area contributed by atoms with Crippen molar-refractivity contribution in [3.8, 4) is 0 Å². The first-order valence-corrected chi connectivity index (χ1v) is 10.7. The van der Waals surface area contributed by atoms with E-state index >= 15 is 0 Å². The summed E-state index contributed by atoms with van der Waals surface area (Å²) >= 11 is 6.08. The van der Waals surface area contributed by atoms with Crippen molar-refractivity contribution in [2.75, 3.05) is 22.2 Å². The largest absolute Gasteiger partial charge is 0.320 e. The second kappa shape index (κ2) is 9.07. The van der Waals surface area contributed by atoms with Gasteiger partial charge >= 0.3 is 0 Å². The Kier molecular flexibility index (Phi) is 7.47. The highest BCUT2D eigenvalue weighted by Gasteiger charge is 2.45. The Bertz CT molecular complexity index is 805. The van der Waals surface area contributed by atoms with Crippen molar-refractivity contribution < 1.29 is 13.5 Å². The highest BCUT2D eigenvalue weighted by molar-refractivity contribution is 8.27. The van der Waals surface area contributed by atoms with Gasteiger partial charge < -0.3 is 5.32 Å². The zero-order chi connectivity index (χ0) is 19.8. The maximum absolute atomic E-state index is 14.0. The first kappa shape index (κ1) is 23.1. The number of nitrogens with one attached hydrogen (secondary N) is 1. The summed E-state index contributed by atoms with van der Waals surface area (Å²) in [6.45, 7) is 4.45. The molecule has 0 spiro atoms. The fraction of sp³-hybridized carbons (Fsp3) is 0.368. The summed E-state index contributed by atoms with van der Waals surface area (Å²) in [5, 5.41) is 3.37. The molecule has 28 heavy (non-hydrogen) atoms. The SMILES string of the molecule is CNCC[C@H](c1cc(F)cc(Cl)c1)N1c2ccccc2N(C(C)C)S1(O)O.Cl. The van der Waals surface area contributed by atoms with E-state index < -0.39 is 22.8 Å². The summed E-state index contributed by atoms with van der Waals surface area (Å²) in [6.07, 6.45) is 0.548. The van der Waals surface area contributed by atoms with Crippen LogP contribution in [0.15, 0.2) is 42.5 Å². The number of fused-ring (bicyclic) bond motifs is 1. The Morgan fingerprint density at radius 3 is 2.25 bits per heavy atom. The van der Waals surface area contributed by atoms with E-state index in [1.165, 1.54) is 12.1 Å². The van der Waals surface area contributed by atoms with E-state index in [0.29, 0.717) is 24.2 Å². The van der Waals surface area contributed by atoms with Gasteiger partial charge in [0.15, 0.2) is 0 Å². The molecule has 1 heterocycles. The molecule has 156 valence electrons. The Balaban J connectivity index is 0.00000280. The molecule has 2 aromatic rings. The summed E-state index contributed by atoms with van der Waals surface area (Å²) in [5.74, 6) is -0.448. The van der Waals surface area contributed by atoms with E-state index in [9.17, 15) is 13.5 Å². The molecule has 1 aliphatic rings. The number of benzene rings is 2. The maximum atomic E-state index is 14.0. The number of rotatable bonds is 6. The number of nitrogens with zero attached hydrogens (tertiary/aromatic N) is 2. The first-order chi connectivity index (χ1) is 12.8. The third-order valence-electron chi connectivity index (χ3n) is 4.57. The van der Waals surface area contributed by atoms with E-state index in [2.05, 4.69) is 5.32 Å². The van der Waals surface area contributed by atoms with Crippen molar-refractivity contribution in [2.45, 2.75) is 32.4 Å². The number of hydrogen-bond acceptors (Lipinski definition) is 5. The Morgan fingerprint density at radius 2 is 1.71 bits per heavy atom. The van der Waals surface area contributed by atoms with Crippen LogP contribution in [-0.2, 0) is 0 Å². The van der Waals surface area contributed by atoms with Crippen LogP contribution in [0.4, 0.5) is 15.8 Å². The first-order valence-electron chi connectivity index (χ1n) is 8.84. The predicted octanol–water partition coefficient (Wildman–Crippen LogP) is 5.87. The number of anilines is 2. The molecule has 0 radical (unpaired) electrons. The molecule has 0 amide bonds. The average Bonchev–Trinajstić information content (AvgIpc) is 2.81. The summed E-state index contributed by atoms with van der Waals surface area (Å²) in [4.78, 5) is 0. The molecule has 2 aromatic carbocycles. The van der Waals surface area contributed by atoms with Crippen molar-refractivity contribution in [1.82, 2.24) is 5.32 Å². The van der Waals surface area contributed by atoms with E-state index in [1.807, 2.05) is 45.2 Å². The quantitative estimate of drug-likeness (QED) is 0.514. The second-order valence-corrected chi connectivity index (χ2v) is 9.04. The lowest BCUT2D eigenvalue weighted by Gasteiger charge is -2.48. The molecule has 9 heteroatoms. The van der Waals surface area contributed by atoms with Crippen LogP contribution in [0.2, 0.25) is 5.02 Å². The zero-order valence-corrected chi connectivity index (χ0v) is 18.4. The Hall–Kier alpha value is -1.22. The van der Waals surface area contributed by atoms with E-state index in [0.717, 1.165) is 5.69 Å². The van der Waals surface area contributed by atoms with Crippen molar-refractivity contribution in [2.24, 2.45) is 0 Å². The van der Waals surface area contributed by atoms with Crippen molar-refractivity contribution in [3.05, 3.63) is 58.9 Å². The minimum atomic E-state index is -3.32. The van der Waals surface area contributed by atoms with Crippen LogP contribution in [0.1, 0.15) is 31.9 Å². The summed E-state index contributed by atoms with van der Waals surface area (Å²) < 4.78 is 39.7. The lowest BCUT2D eigenvalue weighted by atomic mass is 10.0. The second-order valence-electron chi connectivity index (χ2n) is 6.83. The molecule has 5 nitrogen and oxygen atoms in total. The molecule has 1 aliphatic heterocycles. The minimum absolute atomic E-state index is 0. The average molecular weight is 450 g/mol. The van der Waals surface area contributed by atoms with Gasteiger partial charge in [0.1, 0.15) is 5.82 Å². The van der Waals surface area contributed by atoms with Crippen LogP contribution in [0.3, 0.4) is 0 Å². The van der Waals surface area contributed by atoms with Gasteiger partial charge in [0.05, 0.1) is 17.4 Å². The van der Waals surface area contributed by atoms with Crippen LogP contribution < -0.4 is 13.9 Å². The Labute approximate surface area is 178 Å². The monoisotopic (exact) mass is 449 g/mol. The van der Waals surface area contributed by atoms with Crippen molar-refractivity contribution in [3.63, 3.8) is 0 Å². The molecule has 0 aromatic heterocycles. The molecule has 0 unspecified atom stereocenters. The van der Waals surface area contributed by atoms with Crippen LogP contribution in [0, 0.1) is 5.82 Å². The van der Waals surface area contributed by atoms with E-state index in [-0.39, 0.29) is 23.5 Å². The van der Waals surface area contributed by atoms with Gasteiger partial charge in [-0.3, -0.25) is 9.11 Å². The Morgan fingerprint density at radius 1 is 1.11 bits per heavy atom. The van der Waals surface area contributed by atoms with Gasteiger partial charge in [-0.05, 0) is 80.7 Å². The zero-order valence-electron chi connectivity index (χ0n) is 16.0. The standard InChI is InChI=1S/C19H25ClFN3O2S.ClH/c1-13(2)23-18-6-4-5-7-19(18)24(27(23,25)26)17(8-9-22-3)14-10-15(20)12-16(21)11-14;/h4-7,10-13,17,22,25-26H,8-9H2,1-3H3;1H/t17-;/m1./s1. The molecular weight excluding hydrogens is 424 g/mol. The van der Waals surface area contributed by atoms with Gasteiger partial charge in [-0.2, -0.15) is 0 Å². The molecule has 0 aliphatic carbocycles. The molecule has 0 saturated carbocycles. The fourth-order valence-electron chi connectivity index (χ4n) is 3.56. The van der Waals surface area contributed by atoms with Crippen LogP contribution in [0.5, 0.6) is 0 Å². The van der Waals surface area contributed by atoms with Gasteiger partial charge in [0.25, 0.3) is 0 Å². The fourth-order valence-corrected chi connectivity index (χ4v) is 5.95. The molecule has 0 saturated heterocycles. The minimum Gasteiger partial charge on any atom is -0.320 e. The van der Waals surface area contributed by atoms with Gasteiger partial charge in [0.2, 0.25) is 0 Å². The van der Waals surface area contributed by atoms with Gasteiger partial charge in [-0.25, -0.2) is 13.0 Å².